The van der Waals surface area contributed by atoms with E-state index in [-0.39, 0.29) is 11.9 Å². The maximum Gasteiger partial charge on any atom is 0.244 e. The Bertz CT molecular complexity index is 788. The first kappa shape index (κ1) is 19.3. The number of nitrogens with zero attached hydrogens (tertiary/aromatic N) is 4. The number of hydrogen-bond donors (Lipinski definition) is 0. The molecule has 6 heteroatoms. The van der Waals surface area contributed by atoms with Crippen molar-refractivity contribution in [1.82, 2.24) is 19.8 Å². The fourth-order valence-electron chi connectivity index (χ4n) is 3.79. The van der Waals surface area contributed by atoms with Crippen molar-refractivity contribution in [3.05, 3.63) is 53.1 Å². The van der Waals surface area contributed by atoms with Crippen molar-refractivity contribution in [2.45, 2.75) is 39.3 Å². The first-order chi connectivity index (χ1) is 13.0. The van der Waals surface area contributed by atoms with E-state index >= 15 is 0 Å². The number of carbonyl (C=O) groups excluding carboxylic acids is 1. The first-order valence-electron chi connectivity index (χ1n) is 9.41. The molecule has 0 radical (unpaired) electrons. The Morgan fingerprint density at radius 3 is 2.67 bits per heavy atom. The number of hydrogen-bond acceptors (Lipinski definition) is 5. The molecule has 1 saturated heterocycles. The van der Waals surface area contributed by atoms with Gasteiger partial charge in [-0.2, -0.15) is 0 Å². The molecule has 1 amide bonds. The third-order valence-corrected chi connectivity index (χ3v) is 5.25. The van der Waals surface area contributed by atoms with Crippen LogP contribution in [0.15, 0.2) is 30.7 Å². The fourth-order valence-corrected chi connectivity index (χ4v) is 3.79. The summed E-state index contributed by atoms with van der Waals surface area (Å²) in [4.78, 5) is 26.1. The molecule has 6 nitrogen and oxygen atoms in total. The maximum absolute atomic E-state index is 13.4. The molecule has 1 atom stereocenters. The number of likely N-dealkylation sites (N-methyl/N-ethyl adjacent to an activating group) is 1. The molecule has 0 bridgehead atoms. The highest BCUT2D eigenvalue weighted by molar-refractivity contribution is 5.83. The van der Waals surface area contributed by atoms with Crippen LogP contribution in [-0.4, -0.2) is 52.9 Å². The summed E-state index contributed by atoms with van der Waals surface area (Å²) in [6, 6.07) is 3.58. The number of rotatable bonds is 6. The van der Waals surface area contributed by atoms with E-state index in [0.717, 1.165) is 54.1 Å². The highest BCUT2D eigenvalue weighted by atomic mass is 16.5. The van der Waals surface area contributed by atoms with Crippen LogP contribution in [0.1, 0.15) is 41.3 Å². The van der Waals surface area contributed by atoms with Gasteiger partial charge in [0.15, 0.2) is 0 Å². The molecular weight excluding hydrogens is 340 g/mol. The summed E-state index contributed by atoms with van der Waals surface area (Å²) < 4.78 is 5.50. The van der Waals surface area contributed by atoms with E-state index in [0.29, 0.717) is 6.54 Å². The summed E-state index contributed by atoms with van der Waals surface area (Å²) in [5.74, 6) is 0.912. The second-order valence-electron chi connectivity index (χ2n) is 7.17. The average Bonchev–Trinajstić information content (AvgIpc) is 3.19. The number of aromatic nitrogens is 2. The van der Waals surface area contributed by atoms with Crippen molar-refractivity contribution in [1.29, 1.82) is 0 Å². The number of pyridine rings is 2. The van der Waals surface area contributed by atoms with Crippen LogP contribution in [0.2, 0.25) is 0 Å². The number of amides is 1. The Balaban J connectivity index is 1.84. The number of likely N-dealkylation sites (tertiary alicyclic amines) is 1. The lowest BCUT2D eigenvalue weighted by Crippen LogP contribution is -2.40. The summed E-state index contributed by atoms with van der Waals surface area (Å²) >= 11 is 0. The van der Waals surface area contributed by atoms with Gasteiger partial charge in [-0.3, -0.25) is 19.7 Å². The zero-order valence-corrected chi connectivity index (χ0v) is 16.6. The molecule has 1 aliphatic heterocycles. The summed E-state index contributed by atoms with van der Waals surface area (Å²) in [5.41, 5.74) is 3.79. The molecule has 3 rings (SSSR count). The molecule has 0 N–H and O–H groups in total. The van der Waals surface area contributed by atoms with E-state index in [4.69, 9.17) is 4.74 Å². The molecule has 2 aromatic rings. The summed E-state index contributed by atoms with van der Waals surface area (Å²) in [6.07, 6.45) is 7.60. The lowest BCUT2D eigenvalue weighted by atomic mass is 10.1. The molecule has 144 valence electrons. The molecule has 0 aromatic carbocycles. The number of aryl methyl sites for hydroxylation is 1. The van der Waals surface area contributed by atoms with Crippen molar-refractivity contribution in [2.24, 2.45) is 0 Å². The van der Waals surface area contributed by atoms with Crippen LogP contribution in [0.4, 0.5) is 0 Å². The zero-order valence-electron chi connectivity index (χ0n) is 16.6. The average molecular weight is 368 g/mol. The largest absolute Gasteiger partial charge is 0.496 e. The van der Waals surface area contributed by atoms with E-state index in [1.54, 1.807) is 30.6 Å². The van der Waals surface area contributed by atoms with Gasteiger partial charge in [0.05, 0.1) is 19.3 Å². The van der Waals surface area contributed by atoms with Crippen molar-refractivity contribution in [3.8, 4) is 5.75 Å². The molecule has 1 unspecified atom stereocenters. The van der Waals surface area contributed by atoms with E-state index in [9.17, 15) is 4.79 Å². The standard InChI is InChI=1S/C21H28N4O2/c1-15-12-23-18(16(2)20(15)27-4)14-24(3)21(26)19(25-10-5-6-11-25)17-8-7-9-22-13-17/h7-9,12-13,19H,5-6,10-11,14H2,1-4H3. The second kappa shape index (κ2) is 8.48. The SMILES string of the molecule is COc1c(C)cnc(CN(C)C(=O)C(c2cccnc2)N2CCCC2)c1C. The third kappa shape index (κ3) is 4.11. The zero-order chi connectivity index (χ0) is 19.4. The molecular formula is C21H28N4O2. The minimum absolute atomic E-state index is 0.0747. The van der Waals surface area contributed by atoms with E-state index < -0.39 is 0 Å². The highest BCUT2D eigenvalue weighted by Gasteiger charge is 2.32. The summed E-state index contributed by atoms with van der Waals surface area (Å²) in [6.45, 7) is 6.30. The minimum atomic E-state index is -0.293. The quantitative estimate of drug-likeness (QED) is 0.785. The van der Waals surface area contributed by atoms with Crippen molar-refractivity contribution in [2.75, 3.05) is 27.2 Å². The van der Waals surface area contributed by atoms with E-state index in [1.165, 1.54) is 0 Å². The monoisotopic (exact) mass is 368 g/mol. The van der Waals surface area contributed by atoms with Gasteiger partial charge < -0.3 is 9.64 Å². The van der Waals surface area contributed by atoms with Gasteiger partial charge >= 0.3 is 0 Å². The van der Waals surface area contributed by atoms with Crippen LogP contribution in [0, 0.1) is 13.8 Å². The van der Waals surface area contributed by atoms with Gasteiger partial charge in [-0.05, 0) is 51.4 Å². The van der Waals surface area contributed by atoms with Crippen molar-refractivity contribution < 1.29 is 9.53 Å². The predicted octanol–water partition coefficient (Wildman–Crippen LogP) is 2.90. The summed E-state index contributed by atoms with van der Waals surface area (Å²) in [7, 11) is 3.51. The number of carbonyl (C=O) groups is 1. The lowest BCUT2D eigenvalue weighted by Gasteiger charge is -2.30. The minimum Gasteiger partial charge on any atom is -0.496 e. The highest BCUT2D eigenvalue weighted by Crippen LogP contribution is 2.28. The molecule has 0 spiro atoms. The predicted molar refractivity (Wildman–Crippen MR) is 105 cm³/mol. The Hall–Kier alpha value is -2.47. The van der Waals surface area contributed by atoms with Crippen LogP contribution in [0.3, 0.4) is 0 Å². The molecule has 0 aliphatic carbocycles. The topological polar surface area (TPSA) is 58.6 Å². The molecule has 27 heavy (non-hydrogen) atoms. The second-order valence-corrected chi connectivity index (χ2v) is 7.17. The van der Waals surface area contributed by atoms with Gasteiger partial charge in [0.1, 0.15) is 11.8 Å². The molecule has 3 heterocycles. The first-order valence-corrected chi connectivity index (χ1v) is 9.41. The van der Waals surface area contributed by atoms with Gasteiger partial charge in [0, 0.05) is 36.8 Å². The van der Waals surface area contributed by atoms with Crippen LogP contribution < -0.4 is 4.74 Å². The van der Waals surface area contributed by atoms with Crippen LogP contribution in [0.5, 0.6) is 5.75 Å². The maximum atomic E-state index is 13.4. The number of methoxy groups -OCH3 is 1. The van der Waals surface area contributed by atoms with E-state index in [2.05, 4.69) is 14.9 Å². The van der Waals surface area contributed by atoms with Crippen molar-refractivity contribution in [3.63, 3.8) is 0 Å². The Labute approximate surface area is 161 Å². The van der Waals surface area contributed by atoms with E-state index in [1.807, 2.05) is 33.0 Å². The number of ether oxygens (including phenoxy) is 1. The van der Waals surface area contributed by atoms with Crippen molar-refractivity contribution >= 4 is 5.91 Å². The normalized spacial score (nSPS) is 15.6. The Kier molecular flexibility index (Phi) is 6.06. The van der Waals surface area contributed by atoms with Gasteiger partial charge in [-0.25, -0.2) is 0 Å². The smallest absolute Gasteiger partial charge is 0.244 e. The fraction of sp³-hybridized carbons (Fsp3) is 0.476. The molecule has 1 fully saturated rings. The van der Waals surface area contributed by atoms with Gasteiger partial charge in [-0.1, -0.05) is 6.07 Å². The van der Waals surface area contributed by atoms with Gasteiger partial charge in [0.25, 0.3) is 0 Å². The molecule has 0 saturated carbocycles. The molecule has 2 aromatic heterocycles. The summed E-state index contributed by atoms with van der Waals surface area (Å²) in [5, 5.41) is 0. The lowest BCUT2D eigenvalue weighted by molar-refractivity contribution is -0.136. The van der Waals surface area contributed by atoms with Crippen LogP contribution in [0.25, 0.3) is 0 Å². The Morgan fingerprint density at radius 2 is 2.04 bits per heavy atom. The Morgan fingerprint density at radius 1 is 1.30 bits per heavy atom. The van der Waals surface area contributed by atoms with Gasteiger partial charge in [-0.15, -0.1) is 0 Å². The van der Waals surface area contributed by atoms with Crippen LogP contribution in [-0.2, 0) is 11.3 Å². The van der Waals surface area contributed by atoms with Crippen LogP contribution >= 0.6 is 0 Å². The molecule has 1 aliphatic rings. The third-order valence-electron chi connectivity index (χ3n) is 5.25. The van der Waals surface area contributed by atoms with Gasteiger partial charge in [0.2, 0.25) is 5.91 Å².